The lowest BCUT2D eigenvalue weighted by Gasteiger charge is -2.19. The quantitative estimate of drug-likeness (QED) is 0.746. The molecule has 0 saturated heterocycles. The number of hydrogen-bond donors (Lipinski definition) is 0. The molecule has 0 aliphatic heterocycles. The van der Waals surface area contributed by atoms with Gasteiger partial charge in [0.1, 0.15) is 23.2 Å². The van der Waals surface area contributed by atoms with Crippen molar-refractivity contribution in [1.29, 1.82) is 5.26 Å². The number of nitriles is 1. The third kappa shape index (κ3) is 3.25. The average Bonchev–Trinajstić information content (AvgIpc) is 2.13. The monoisotopic (exact) mass is 207 g/mol. The van der Waals surface area contributed by atoms with Crippen molar-refractivity contribution in [2.75, 3.05) is 6.61 Å². The Morgan fingerprint density at radius 1 is 1.40 bits per heavy atom. The molecule has 1 aromatic carbocycles. The van der Waals surface area contributed by atoms with Gasteiger partial charge in [0.15, 0.2) is 0 Å². The molecule has 0 bridgehead atoms. The first kappa shape index (κ1) is 11.5. The van der Waals surface area contributed by atoms with E-state index >= 15 is 0 Å². The van der Waals surface area contributed by atoms with Gasteiger partial charge in [-0.05, 0) is 17.5 Å². The molecule has 0 radical (unpaired) electrons. The van der Waals surface area contributed by atoms with Crippen molar-refractivity contribution < 1.29 is 9.13 Å². The Hall–Kier alpha value is -1.56. The molecule has 1 rings (SSSR count). The second-order valence-corrected chi connectivity index (χ2v) is 4.57. The second kappa shape index (κ2) is 4.31. The SMILES string of the molecule is CC(C)(C)COc1cccc(F)c1C#N. The predicted octanol–water partition coefficient (Wildman–Crippen LogP) is 3.12. The second-order valence-electron chi connectivity index (χ2n) is 4.57. The van der Waals surface area contributed by atoms with Crippen molar-refractivity contribution in [2.45, 2.75) is 20.8 Å². The third-order valence-electron chi connectivity index (χ3n) is 1.75. The average molecular weight is 207 g/mol. The summed E-state index contributed by atoms with van der Waals surface area (Å²) in [7, 11) is 0. The lowest BCUT2D eigenvalue weighted by Crippen LogP contribution is -2.17. The minimum Gasteiger partial charge on any atom is -0.492 e. The Kier molecular flexibility index (Phi) is 3.31. The van der Waals surface area contributed by atoms with E-state index in [9.17, 15) is 4.39 Å². The van der Waals surface area contributed by atoms with E-state index in [-0.39, 0.29) is 11.0 Å². The summed E-state index contributed by atoms with van der Waals surface area (Å²) in [6.07, 6.45) is 0. The Morgan fingerprint density at radius 3 is 2.60 bits per heavy atom. The van der Waals surface area contributed by atoms with E-state index in [0.29, 0.717) is 12.4 Å². The van der Waals surface area contributed by atoms with Crippen molar-refractivity contribution in [3.63, 3.8) is 0 Å². The zero-order valence-electron chi connectivity index (χ0n) is 9.17. The van der Waals surface area contributed by atoms with Crippen LogP contribution in [0.2, 0.25) is 0 Å². The van der Waals surface area contributed by atoms with Crippen LogP contribution in [0.3, 0.4) is 0 Å². The van der Waals surface area contributed by atoms with E-state index < -0.39 is 5.82 Å². The molecule has 3 heteroatoms. The molecule has 15 heavy (non-hydrogen) atoms. The normalized spacial score (nSPS) is 10.9. The van der Waals surface area contributed by atoms with Crippen molar-refractivity contribution in [3.8, 4) is 11.8 Å². The van der Waals surface area contributed by atoms with Gasteiger partial charge < -0.3 is 4.74 Å². The highest BCUT2D eigenvalue weighted by atomic mass is 19.1. The van der Waals surface area contributed by atoms with Crippen molar-refractivity contribution >= 4 is 0 Å². The Morgan fingerprint density at radius 2 is 2.07 bits per heavy atom. The van der Waals surface area contributed by atoms with Gasteiger partial charge in [-0.3, -0.25) is 0 Å². The number of nitrogens with zero attached hydrogens (tertiary/aromatic N) is 1. The van der Waals surface area contributed by atoms with Gasteiger partial charge in [-0.1, -0.05) is 26.8 Å². The van der Waals surface area contributed by atoms with E-state index in [4.69, 9.17) is 10.00 Å². The fraction of sp³-hybridized carbons (Fsp3) is 0.417. The van der Waals surface area contributed by atoms with Gasteiger partial charge in [0.05, 0.1) is 6.61 Å². The highest BCUT2D eigenvalue weighted by molar-refractivity contribution is 5.43. The zero-order valence-corrected chi connectivity index (χ0v) is 9.17. The topological polar surface area (TPSA) is 33.0 Å². The van der Waals surface area contributed by atoms with Crippen LogP contribution >= 0.6 is 0 Å². The number of rotatable bonds is 2. The van der Waals surface area contributed by atoms with Crippen molar-refractivity contribution in [2.24, 2.45) is 5.41 Å². The van der Waals surface area contributed by atoms with Gasteiger partial charge in [0, 0.05) is 0 Å². The van der Waals surface area contributed by atoms with Gasteiger partial charge >= 0.3 is 0 Å². The first-order valence-electron chi connectivity index (χ1n) is 4.75. The highest BCUT2D eigenvalue weighted by Crippen LogP contribution is 2.23. The molecule has 0 amide bonds. The van der Waals surface area contributed by atoms with E-state index in [1.807, 2.05) is 20.8 Å². The van der Waals surface area contributed by atoms with Gasteiger partial charge in [-0.2, -0.15) is 5.26 Å². The molecule has 0 saturated carbocycles. The van der Waals surface area contributed by atoms with E-state index in [2.05, 4.69) is 0 Å². The fourth-order valence-electron chi connectivity index (χ4n) is 1.03. The molecule has 1 aromatic rings. The van der Waals surface area contributed by atoms with Crippen LogP contribution in [0.4, 0.5) is 4.39 Å². The summed E-state index contributed by atoms with van der Waals surface area (Å²) in [6, 6.07) is 6.19. The van der Waals surface area contributed by atoms with Gasteiger partial charge in [0.2, 0.25) is 0 Å². The van der Waals surface area contributed by atoms with Crippen molar-refractivity contribution in [3.05, 3.63) is 29.6 Å². The molecular weight excluding hydrogens is 193 g/mol. The largest absolute Gasteiger partial charge is 0.492 e. The number of halogens is 1. The van der Waals surface area contributed by atoms with Crippen LogP contribution in [0.1, 0.15) is 26.3 Å². The van der Waals surface area contributed by atoms with Crippen LogP contribution in [0.25, 0.3) is 0 Å². The number of benzene rings is 1. The lowest BCUT2D eigenvalue weighted by molar-refractivity contribution is 0.197. The Balaban J connectivity index is 2.87. The first-order valence-corrected chi connectivity index (χ1v) is 4.75. The van der Waals surface area contributed by atoms with Crippen LogP contribution in [0.15, 0.2) is 18.2 Å². The van der Waals surface area contributed by atoms with E-state index in [1.165, 1.54) is 12.1 Å². The minimum atomic E-state index is -0.538. The summed E-state index contributed by atoms with van der Waals surface area (Å²) in [5.74, 6) is -0.226. The number of hydrogen-bond acceptors (Lipinski definition) is 2. The fourth-order valence-corrected chi connectivity index (χ4v) is 1.03. The lowest BCUT2D eigenvalue weighted by atomic mass is 9.98. The van der Waals surface area contributed by atoms with Crippen LogP contribution in [-0.4, -0.2) is 6.61 Å². The molecule has 0 heterocycles. The Bertz CT molecular complexity index is 388. The van der Waals surface area contributed by atoms with E-state index in [1.54, 1.807) is 12.1 Å². The number of ether oxygens (including phenoxy) is 1. The maximum Gasteiger partial charge on any atom is 0.144 e. The molecule has 80 valence electrons. The summed E-state index contributed by atoms with van der Waals surface area (Å²) < 4.78 is 18.6. The standard InChI is InChI=1S/C12H14FNO/c1-12(2,3)8-15-11-6-4-5-10(13)9(11)7-14/h4-6H,8H2,1-3H3. The zero-order chi connectivity index (χ0) is 11.5. The maximum atomic E-state index is 13.2. The van der Waals surface area contributed by atoms with Crippen LogP contribution < -0.4 is 4.74 Å². The maximum absolute atomic E-state index is 13.2. The summed E-state index contributed by atoms with van der Waals surface area (Å²) in [5.41, 5.74) is -0.0410. The van der Waals surface area contributed by atoms with Crippen LogP contribution in [0.5, 0.6) is 5.75 Å². The summed E-state index contributed by atoms with van der Waals surface area (Å²) in [6.45, 7) is 6.49. The summed E-state index contributed by atoms with van der Waals surface area (Å²) >= 11 is 0. The molecular formula is C12H14FNO. The Labute approximate surface area is 89.3 Å². The molecule has 0 unspecified atom stereocenters. The molecule has 0 aliphatic rings. The molecule has 0 N–H and O–H groups in total. The predicted molar refractivity (Wildman–Crippen MR) is 56.1 cm³/mol. The summed E-state index contributed by atoms with van der Waals surface area (Å²) in [5, 5.41) is 8.76. The minimum absolute atomic E-state index is 0.0148. The molecule has 0 aromatic heterocycles. The molecule has 2 nitrogen and oxygen atoms in total. The van der Waals surface area contributed by atoms with Crippen LogP contribution in [0, 0.1) is 22.6 Å². The van der Waals surface area contributed by atoms with Gasteiger partial charge in [0.25, 0.3) is 0 Å². The van der Waals surface area contributed by atoms with Crippen molar-refractivity contribution in [1.82, 2.24) is 0 Å². The molecule has 0 fully saturated rings. The molecule has 0 atom stereocenters. The summed E-state index contributed by atoms with van der Waals surface area (Å²) in [4.78, 5) is 0. The smallest absolute Gasteiger partial charge is 0.144 e. The third-order valence-corrected chi connectivity index (χ3v) is 1.75. The van der Waals surface area contributed by atoms with E-state index in [0.717, 1.165) is 0 Å². The molecule has 0 aliphatic carbocycles. The van der Waals surface area contributed by atoms with Crippen LogP contribution in [-0.2, 0) is 0 Å². The highest BCUT2D eigenvalue weighted by Gasteiger charge is 2.14. The molecule has 0 spiro atoms. The van der Waals surface area contributed by atoms with Gasteiger partial charge in [-0.25, -0.2) is 4.39 Å². The first-order chi connectivity index (χ1) is 6.94. The van der Waals surface area contributed by atoms with Gasteiger partial charge in [-0.15, -0.1) is 0 Å².